The topological polar surface area (TPSA) is 63.9 Å². The molecule has 1 aromatic heterocycles. The van der Waals surface area contributed by atoms with Crippen LogP contribution in [0.5, 0.6) is 0 Å². The lowest BCUT2D eigenvalue weighted by atomic mass is 10.1. The van der Waals surface area contributed by atoms with Crippen molar-refractivity contribution in [3.63, 3.8) is 0 Å². The lowest BCUT2D eigenvalue weighted by molar-refractivity contribution is -0.129. The highest BCUT2D eigenvalue weighted by Crippen LogP contribution is 2.37. The summed E-state index contributed by atoms with van der Waals surface area (Å²) in [5.74, 6) is 0.129. The summed E-state index contributed by atoms with van der Waals surface area (Å²) in [4.78, 5) is 15.2. The van der Waals surface area contributed by atoms with E-state index in [-0.39, 0.29) is 11.2 Å². The number of nitrogens with zero attached hydrogens (tertiary/aromatic N) is 5. The molecule has 144 valence electrons. The molecule has 2 aromatic carbocycles. The van der Waals surface area contributed by atoms with E-state index in [9.17, 15) is 4.79 Å². The van der Waals surface area contributed by atoms with Crippen molar-refractivity contribution in [2.75, 3.05) is 13.1 Å². The third-order valence-corrected chi connectivity index (χ3v) is 6.39. The van der Waals surface area contributed by atoms with E-state index in [1.807, 2.05) is 47.4 Å². The van der Waals surface area contributed by atoms with Gasteiger partial charge in [-0.2, -0.15) is 4.68 Å². The fourth-order valence-corrected chi connectivity index (χ4v) is 4.54. The maximum Gasteiger partial charge on any atom is 0.240 e. The van der Waals surface area contributed by atoms with Crippen molar-refractivity contribution in [1.29, 1.82) is 0 Å². The van der Waals surface area contributed by atoms with Gasteiger partial charge in [-0.15, -0.1) is 5.10 Å². The third-order valence-electron chi connectivity index (χ3n) is 5.21. The van der Waals surface area contributed by atoms with Crippen LogP contribution >= 0.6 is 11.8 Å². The van der Waals surface area contributed by atoms with E-state index in [4.69, 9.17) is 0 Å². The summed E-state index contributed by atoms with van der Waals surface area (Å²) >= 11 is 1.42. The van der Waals surface area contributed by atoms with E-state index < -0.39 is 0 Å². The van der Waals surface area contributed by atoms with E-state index >= 15 is 0 Å². The van der Waals surface area contributed by atoms with Crippen LogP contribution in [0.2, 0.25) is 0 Å². The summed E-state index contributed by atoms with van der Waals surface area (Å²) in [6, 6.07) is 16.0. The number of aryl methyl sites for hydroxylation is 1. The maximum absolute atomic E-state index is 13.3. The molecule has 1 atom stereocenters. The van der Waals surface area contributed by atoms with Gasteiger partial charge in [0.1, 0.15) is 5.25 Å². The second-order valence-corrected chi connectivity index (χ2v) is 8.11. The van der Waals surface area contributed by atoms with Gasteiger partial charge in [0.2, 0.25) is 11.1 Å². The third kappa shape index (κ3) is 3.67. The predicted molar refractivity (Wildman–Crippen MR) is 109 cm³/mol. The molecule has 1 fully saturated rings. The Balaban J connectivity index is 1.69. The Morgan fingerprint density at radius 1 is 1.04 bits per heavy atom. The van der Waals surface area contributed by atoms with E-state index in [1.54, 1.807) is 4.68 Å². The Morgan fingerprint density at radius 3 is 2.54 bits per heavy atom. The van der Waals surface area contributed by atoms with Crippen molar-refractivity contribution >= 4 is 17.7 Å². The van der Waals surface area contributed by atoms with Gasteiger partial charge in [-0.25, -0.2) is 0 Å². The first-order valence-electron chi connectivity index (χ1n) is 9.50. The van der Waals surface area contributed by atoms with Crippen LogP contribution in [0.4, 0.5) is 0 Å². The molecule has 1 aliphatic heterocycles. The van der Waals surface area contributed by atoms with Crippen LogP contribution < -0.4 is 0 Å². The van der Waals surface area contributed by atoms with Gasteiger partial charge in [0, 0.05) is 13.1 Å². The van der Waals surface area contributed by atoms with Crippen LogP contribution in [0.15, 0.2) is 53.7 Å². The van der Waals surface area contributed by atoms with Crippen LogP contribution in [-0.2, 0) is 4.79 Å². The Bertz CT molecular complexity index is 966. The van der Waals surface area contributed by atoms with Crippen LogP contribution in [-0.4, -0.2) is 44.1 Å². The Morgan fingerprint density at radius 2 is 1.79 bits per heavy atom. The Kier molecular flexibility index (Phi) is 5.43. The number of carbonyl (C=O) groups excluding carboxylic acids is 1. The van der Waals surface area contributed by atoms with Crippen molar-refractivity contribution in [2.45, 2.75) is 37.1 Å². The highest BCUT2D eigenvalue weighted by molar-refractivity contribution is 8.00. The first-order valence-corrected chi connectivity index (χ1v) is 10.4. The molecule has 0 bridgehead atoms. The van der Waals surface area contributed by atoms with Crippen molar-refractivity contribution in [2.24, 2.45) is 0 Å². The standard InChI is InChI=1S/C21H23N5OS/c1-15-9-8-12-18(16(15)2)26-21(22-23-24-26)28-19(17-10-4-3-5-11-17)20(27)25-13-6-7-14-25/h3-5,8-12,19H,6-7,13-14H2,1-2H3. The molecular weight excluding hydrogens is 370 g/mol. The summed E-state index contributed by atoms with van der Waals surface area (Å²) < 4.78 is 1.74. The number of amides is 1. The lowest BCUT2D eigenvalue weighted by Gasteiger charge is -2.22. The molecule has 7 heteroatoms. The van der Waals surface area contributed by atoms with Gasteiger partial charge < -0.3 is 4.90 Å². The summed E-state index contributed by atoms with van der Waals surface area (Å²) in [6.45, 7) is 5.78. The van der Waals surface area contributed by atoms with Gasteiger partial charge in [-0.3, -0.25) is 4.79 Å². The molecule has 6 nitrogen and oxygen atoms in total. The van der Waals surface area contributed by atoms with Crippen molar-refractivity contribution in [1.82, 2.24) is 25.1 Å². The van der Waals surface area contributed by atoms with Crippen molar-refractivity contribution in [3.05, 3.63) is 65.2 Å². The van der Waals surface area contributed by atoms with Gasteiger partial charge in [-0.1, -0.05) is 54.2 Å². The highest BCUT2D eigenvalue weighted by Gasteiger charge is 2.30. The Labute approximate surface area is 168 Å². The zero-order chi connectivity index (χ0) is 19.5. The average Bonchev–Trinajstić information content (AvgIpc) is 3.40. The number of hydrogen-bond donors (Lipinski definition) is 0. The molecule has 0 saturated carbocycles. The number of hydrogen-bond acceptors (Lipinski definition) is 5. The minimum Gasteiger partial charge on any atom is -0.341 e. The maximum atomic E-state index is 13.3. The van der Waals surface area contributed by atoms with Crippen molar-refractivity contribution in [3.8, 4) is 5.69 Å². The molecule has 1 aliphatic rings. The van der Waals surface area contributed by atoms with Gasteiger partial charge in [0.05, 0.1) is 5.69 Å². The molecule has 1 saturated heterocycles. The normalized spacial score (nSPS) is 15.0. The smallest absolute Gasteiger partial charge is 0.240 e. The molecule has 0 spiro atoms. The molecule has 2 heterocycles. The zero-order valence-electron chi connectivity index (χ0n) is 16.1. The van der Waals surface area contributed by atoms with Crippen LogP contribution in [0.1, 0.15) is 34.8 Å². The number of aromatic nitrogens is 4. The fourth-order valence-electron chi connectivity index (χ4n) is 3.47. The Hall–Kier alpha value is -2.67. The second kappa shape index (κ2) is 8.14. The van der Waals surface area contributed by atoms with Gasteiger partial charge >= 0.3 is 0 Å². The first kappa shape index (κ1) is 18.7. The summed E-state index contributed by atoms with van der Waals surface area (Å²) in [7, 11) is 0. The number of tetrazole rings is 1. The van der Waals surface area contributed by atoms with Crippen molar-refractivity contribution < 1.29 is 4.79 Å². The molecule has 0 radical (unpaired) electrons. The zero-order valence-corrected chi connectivity index (χ0v) is 16.9. The molecule has 1 unspecified atom stereocenters. The number of thioether (sulfide) groups is 1. The molecule has 4 rings (SSSR count). The van der Waals surface area contributed by atoms with E-state index in [0.717, 1.165) is 42.7 Å². The minimum absolute atomic E-state index is 0.129. The quantitative estimate of drug-likeness (QED) is 0.618. The van der Waals surface area contributed by atoms with E-state index in [0.29, 0.717) is 5.16 Å². The molecule has 28 heavy (non-hydrogen) atoms. The predicted octanol–water partition coefficient (Wildman–Crippen LogP) is 3.73. The van der Waals surface area contributed by atoms with Crippen LogP contribution in [0, 0.1) is 13.8 Å². The lowest BCUT2D eigenvalue weighted by Crippen LogP contribution is -2.31. The average molecular weight is 394 g/mol. The van der Waals surface area contributed by atoms with Crippen LogP contribution in [0.3, 0.4) is 0 Å². The summed E-state index contributed by atoms with van der Waals surface area (Å²) in [5.41, 5.74) is 4.21. The summed E-state index contributed by atoms with van der Waals surface area (Å²) in [6.07, 6.45) is 2.14. The number of benzene rings is 2. The van der Waals surface area contributed by atoms with Crippen LogP contribution in [0.25, 0.3) is 5.69 Å². The van der Waals surface area contributed by atoms with E-state index in [1.165, 1.54) is 17.3 Å². The summed E-state index contributed by atoms with van der Waals surface area (Å²) in [5, 5.41) is 12.6. The van der Waals surface area contributed by atoms with E-state index in [2.05, 4.69) is 35.4 Å². The molecular formula is C21H23N5OS. The van der Waals surface area contributed by atoms with Gasteiger partial charge in [0.25, 0.3) is 0 Å². The number of rotatable bonds is 5. The number of likely N-dealkylation sites (tertiary alicyclic amines) is 1. The minimum atomic E-state index is -0.367. The second-order valence-electron chi connectivity index (χ2n) is 7.03. The SMILES string of the molecule is Cc1cccc(-n2nnnc2SC(C(=O)N2CCCC2)c2ccccc2)c1C. The van der Waals surface area contributed by atoms with Gasteiger partial charge in [-0.05, 0) is 59.9 Å². The largest absolute Gasteiger partial charge is 0.341 e. The number of carbonyl (C=O) groups is 1. The first-order chi connectivity index (χ1) is 13.6. The molecule has 1 amide bonds. The van der Waals surface area contributed by atoms with Gasteiger partial charge in [0.15, 0.2) is 0 Å². The highest BCUT2D eigenvalue weighted by atomic mass is 32.2. The fraction of sp³-hybridized carbons (Fsp3) is 0.333. The molecule has 0 N–H and O–H groups in total. The molecule has 0 aliphatic carbocycles. The molecule has 3 aromatic rings. The monoisotopic (exact) mass is 393 g/mol.